The predicted molar refractivity (Wildman–Crippen MR) is 105 cm³/mol. The fourth-order valence-electron chi connectivity index (χ4n) is 2.70. The highest BCUT2D eigenvalue weighted by Gasteiger charge is 2.14. The van der Waals surface area contributed by atoms with Crippen LogP contribution in [0.25, 0.3) is 10.2 Å². The topological polar surface area (TPSA) is 34.4 Å². The maximum atomic E-state index is 13.5. The van der Waals surface area contributed by atoms with Crippen LogP contribution in [0.1, 0.15) is 36.7 Å². The van der Waals surface area contributed by atoms with Crippen molar-refractivity contribution >= 4 is 27.5 Å². The van der Waals surface area contributed by atoms with Gasteiger partial charge in [0.1, 0.15) is 5.82 Å². The molecule has 0 fully saturated rings. The molecule has 0 N–H and O–H groups in total. The number of thiazole rings is 1. The van der Waals surface area contributed by atoms with Crippen LogP contribution < -0.4 is 4.80 Å². The van der Waals surface area contributed by atoms with Crippen LogP contribution in [0.2, 0.25) is 0 Å². The van der Waals surface area contributed by atoms with Crippen molar-refractivity contribution in [2.24, 2.45) is 4.99 Å². The number of amides is 1. The van der Waals surface area contributed by atoms with Crippen LogP contribution in [-0.4, -0.2) is 10.5 Å². The van der Waals surface area contributed by atoms with E-state index in [1.54, 1.807) is 24.3 Å². The third-order valence-electron chi connectivity index (χ3n) is 4.15. The third-order valence-corrected chi connectivity index (χ3v) is 5.19. The van der Waals surface area contributed by atoms with Crippen LogP contribution in [0.3, 0.4) is 0 Å². The zero-order valence-corrected chi connectivity index (χ0v) is 15.9. The number of carbonyl (C=O) groups excluding carboxylic acids is 1. The quantitative estimate of drug-likeness (QED) is 0.595. The van der Waals surface area contributed by atoms with E-state index in [4.69, 9.17) is 0 Å². The molecule has 0 aliphatic heterocycles. The lowest BCUT2D eigenvalue weighted by Crippen LogP contribution is -2.16. The average molecular weight is 368 g/mol. The van der Waals surface area contributed by atoms with E-state index in [2.05, 4.69) is 32.3 Å². The van der Waals surface area contributed by atoms with Gasteiger partial charge in [-0.1, -0.05) is 50.3 Å². The number of halogens is 1. The molecule has 5 heteroatoms. The molecule has 134 valence electrons. The van der Waals surface area contributed by atoms with E-state index in [-0.39, 0.29) is 17.1 Å². The number of nitrogens with zero attached hydrogens (tertiary/aromatic N) is 2. The zero-order valence-electron chi connectivity index (χ0n) is 15.1. The van der Waals surface area contributed by atoms with Gasteiger partial charge in [-0.15, -0.1) is 6.58 Å². The van der Waals surface area contributed by atoms with Crippen LogP contribution in [-0.2, 0) is 12.0 Å². The number of benzene rings is 2. The van der Waals surface area contributed by atoms with Gasteiger partial charge >= 0.3 is 0 Å². The summed E-state index contributed by atoms with van der Waals surface area (Å²) in [5, 5.41) is 0. The van der Waals surface area contributed by atoms with Gasteiger partial charge in [0.05, 0.1) is 10.2 Å². The predicted octanol–water partition coefficient (Wildman–Crippen LogP) is 5.07. The van der Waals surface area contributed by atoms with E-state index >= 15 is 0 Å². The van der Waals surface area contributed by atoms with Crippen molar-refractivity contribution in [2.45, 2.75) is 32.7 Å². The molecule has 2 aromatic carbocycles. The highest BCUT2D eigenvalue weighted by atomic mass is 32.1. The monoisotopic (exact) mass is 368 g/mol. The highest BCUT2D eigenvalue weighted by molar-refractivity contribution is 7.16. The highest BCUT2D eigenvalue weighted by Crippen LogP contribution is 2.22. The van der Waals surface area contributed by atoms with Crippen molar-refractivity contribution < 1.29 is 9.18 Å². The molecule has 0 radical (unpaired) electrons. The third kappa shape index (κ3) is 3.68. The first kappa shape index (κ1) is 18.3. The molecular formula is C21H21FN2OS. The van der Waals surface area contributed by atoms with E-state index in [1.807, 2.05) is 16.7 Å². The Balaban J connectivity index is 2.04. The number of allylic oxidation sites excluding steroid dienone is 1. The molecule has 1 amide bonds. The smallest absolute Gasteiger partial charge is 0.279 e. The average Bonchev–Trinajstić information content (AvgIpc) is 2.91. The summed E-state index contributed by atoms with van der Waals surface area (Å²) in [4.78, 5) is 17.4. The molecule has 1 heterocycles. The van der Waals surface area contributed by atoms with E-state index in [0.29, 0.717) is 16.9 Å². The molecule has 3 aromatic rings. The van der Waals surface area contributed by atoms with Crippen molar-refractivity contribution in [3.8, 4) is 0 Å². The zero-order chi connectivity index (χ0) is 18.9. The molecule has 0 aliphatic rings. The number of hydrogen-bond donors (Lipinski definition) is 0. The molecule has 1 aromatic heterocycles. The summed E-state index contributed by atoms with van der Waals surface area (Å²) in [5.74, 6) is -0.615. The van der Waals surface area contributed by atoms with E-state index in [1.165, 1.54) is 23.5 Å². The number of carbonyl (C=O) groups is 1. The van der Waals surface area contributed by atoms with Crippen molar-refractivity contribution in [1.29, 1.82) is 0 Å². The minimum absolute atomic E-state index is 0.0290. The van der Waals surface area contributed by atoms with E-state index in [0.717, 1.165) is 15.8 Å². The second-order valence-corrected chi connectivity index (χ2v) is 8.15. The second-order valence-electron chi connectivity index (χ2n) is 7.14. The van der Waals surface area contributed by atoms with Gasteiger partial charge in [0.25, 0.3) is 5.91 Å². The van der Waals surface area contributed by atoms with Gasteiger partial charge in [-0.25, -0.2) is 4.39 Å². The van der Waals surface area contributed by atoms with Crippen LogP contribution in [0, 0.1) is 5.82 Å². The second kappa shape index (κ2) is 7.00. The summed E-state index contributed by atoms with van der Waals surface area (Å²) >= 11 is 1.30. The Bertz CT molecular complexity index is 1040. The molecule has 26 heavy (non-hydrogen) atoms. The van der Waals surface area contributed by atoms with Gasteiger partial charge in [0.2, 0.25) is 0 Å². The van der Waals surface area contributed by atoms with Crippen LogP contribution in [0.4, 0.5) is 4.39 Å². The molecule has 0 saturated carbocycles. The number of hydrogen-bond acceptors (Lipinski definition) is 2. The van der Waals surface area contributed by atoms with Crippen molar-refractivity contribution in [2.75, 3.05) is 0 Å². The van der Waals surface area contributed by atoms with Crippen molar-refractivity contribution in [3.05, 3.63) is 76.9 Å². The maximum Gasteiger partial charge on any atom is 0.279 e. The molecule has 3 nitrogen and oxygen atoms in total. The lowest BCUT2D eigenvalue weighted by atomic mass is 9.87. The van der Waals surface area contributed by atoms with Gasteiger partial charge in [-0.3, -0.25) is 4.79 Å². The molecule has 0 atom stereocenters. The maximum absolute atomic E-state index is 13.5. The van der Waals surface area contributed by atoms with Crippen LogP contribution in [0.15, 0.2) is 60.1 Å². The Hall–Kier alpha value is -2.53. The summed E-state index contributed by atoms with van der Waals surface area (Å²) in [6, 6.07) is 12.1. The summed E-state index contributed by atoms with van der Waals surface area (Å²) in [6.07, 6.45) is 1.73. The minimum atomic E-state index is -0.310. The first-order chi connectivity index (χ1) is 12.3. The first-order valence-corrected chi connectivity index (χ1v) is 9.20. The van der Waals surface area contributed by atoms with Gasteiger partial charge < -0.3 is 4.57 Å². The standard InChI is InChI=1S/C21H21FN2OS/c1-5-12-24-17-11-10-16(22)13-18(17)26-20(24)23-19(25)14-6-8-15(9-7-14)21(2,3)4/h5-11,13H,1,12H2,2-4H3. The molecule has 0 unspecified atom stereocenters. The summed E-state index contributed by atoms with van der Waals surface area (Å²) < 4.78 is 16.1. The normalized spacial score (nSPS) is 12.5. The van der Waals surface area contributed by atoms with Gasteiger partial charge in [0.15, 0.2) is 4.80 Å². The van der Waals surface area contributed by atoms with Gasteiger partial charge in [-0.2, -0.15) is 4.99 Å². The largest absolute Gasteiger partial charge is 0.312 e. The molecule has 3 rings (SSSR count). The van der Waals surface area contributed by atoms with Crippen LogP contribution >= 0.6 is 11.3 Å². The Morgan fingerprint density at radius 1 is 1.23 bits per heavy atom. The lowest BCUT2D eigenvalue weighted by molar-refractivity contribution is 0.0998. The molecular weight excluding hydrogens is 347 g/mol. The number of fused-ring (bicyclic) bond motifs is 1. The Morgan fingerprint density at radius 2 is 1.92 bits per heavy atom. The minimum Gasteiger partial charge on any atom is -0.312 e. The molecule has 0 saturated heterocycles. The van der Waals surface area contributed by atoms with Gasteiger partial charge in [-0.05, 0) is 41.3 Å². The first-order valence-electron chi connectivity index (χ1n) is 8.39. The molecule has 0 spiro atoms. The Labute approximate surface area is 156 Å². The lowest BCUT2D eigenvalue weighted by Gasteiger charge is -2.18. The van der Waals surface area contributed by atoms with E-state index < -0.39 is 0 Å². The molecule has 0 aliphatic carbocycles. The fraction of sp³-hybridized carbons (Fsp3) is 0.238. The summed E-state index contributed by atoms with van der Waals surface area (Å²) in [7, 11) is 0. The molecule has 0 bridgehead atoms. The van der Waals surface area contributed by atoms with E-state index in [9.17, 15) is 9.18 Å². The summed E-state index contributed by atoms with van der Waals surface area (Å²) in [6.45, 7) is 10.6. The number of aromatic nitrogens is 1. The number of rotatable bonds is 3. The van der Waals surface area contributed by atoms with Crippen LogP contribution in [0.5, 0.6) is 0 Å². The van der Waals surface area contributed by atoms with Gasteiger partial charge in [0, 0.05) is 12.1 Å². The van der Waals surface area contributed by atoms with Crippen molar-refractivity contribution in [1.82, 2.24) is 4.57 Å². The van der Waals surface area contributed by atoms with Crippen molar-refractivity contribution in [3.63, 3.8) is 0 Å². The Kier molecular flexibility index (Phi) is 4.92. The summed E-state index contributed by atoms with van der Waals surface area (Å²) in [5.41, 5.74) is 2.56. The SMILES string of the molecule is C=CCn1c(=NC(=O)c2ccc(C(C)(C)C)cc2)sc2cc(F)ccc21. The fourth-order valence-corrected chi connectivity index (χ4v) is 3.76. The Morgan fingerprint density at radius 3 is 2.54 bits per heavy atom.